The van der Waals surface area contributed by atoms with Crippen molar-refractivity contribution in [3.05, 3.63) is 16.7 Å². The molecule has 116 valence electrons. The lowest BCUT2D eigenvalue weighted by atomic mass is 10.1. The quantitative estimate of drug-likeness (QED) is 0.468. The third-order valence-electron chi connectivity index (χ3n) is 3.14. The first kappa shape index (κ1) is 15.4. The van der Waals surface area contributed by atoms with Gasteiger partial charge in [0.15, 0.2) is 12.0 Å². The molecule has 0 aromatic carbocycles. The highest BCUT2D eigenvalue weighted by Crippen LogP contribution is 2.29. The monoisotopic (exact) mass is 299 g/mol. The van der Waals surface area contributed by atoms with Crippen molar-refractivity contribution in [3.8, 4) is 0 Å². The Morgan fingerprint density at radius 2 is 2.24 bits per heavy atom. The number of hydrogen-bond donors (Lipinski definition) is 4. The summed E-state index contributed by atoms with van der Waals surface area (Å²) in [4.78, 5) is 26.2. The van der Waals surface area contributed by atoms with Crippen LogP contribution in [-0.4, -0.2) is 55.7 Å². The van der Waals surface area contributed by atoms with Crippen LogP contribution in [0.25, 0.3) is 0 Å². The Balaban J connectivity index is 2.18. The fourth-order valence-corrected chi connectivity index (χ4v) is 2.06. The van der Waals surface area contributed by atoms with Gasteiger partial charge in [0, 0.05) is 0 Å². The van der Waals surface area contributed by atoms with Crippen molar-refractivity contribution < 1.29 is 19.7 Å². The number of anilines is 1. The topological polar surface area (TPSA) is 153 Å². The Morgan fingerprint density at radius 3 is 2.76 bits per heavy atom. The van der Waals surface area contributed by atoms with E-state index in [1.165, 1.54) is 6.20 Å². The van der Waals surface area contributed by atoms with Gasteiger partial charge in [-0.05, 0) is 6.42 Å². The smallest absolute Gasteiger partial charge is 0.368 e. The number of nitrogens with zero attached hydrogens (tertiary/aromatic N) is 3. The van der Waals surface area contributed by atoms with Gasteiger partial charge in [-0.2, -0.15) is 14.8 Å². The lowest BCUT2D eigenvalue weighted by Gasteiger charge is -2.15. The predicted octanol–water partition coefficient (Wildman–Crippen LogP) is -2.44. The van der Waals surface area contributed by atoms with Crippen LogP contribution in [-0.2, 0) is 9.53 Å². The summed E-state index contributed by atoms with van der Waals surface area (Å²) >= 11 is 0. The molecule has 1 aromatic rings. The summed E-state index contributed by atoms with van der Waals surface area (Å²) in [5.41, 5.74) is 4.18. The zero-order chi connectivity index (χ0) is 15.6. The number of hydrogen-bond acceptors (Lipinski definition) is 8. The first-order chi connectivity index (χ1) is 9.93. The van der Waals surface area contributed by atoms with E-state index in [0.29, 0.717) is 6.42 Å². The van der Waals surface area contributed by atoms with Gasteiger partial charge in [0.25, 0.3) is 0 Å². The molecule has 5 N–H and O–H groups in total. The second kappa shape index (κ2) is 6.16. The van der Waals surface area contributed by atoms with Crippen molar-refractivity contribution in [2.24, 2.45) is 5.73 Å². The molecule has 0 unspecified atom stereocenters. The molecule has 2 rings (SSSR count). The van der Waals surface area contributed by atoms with Gasteiger partial charge in [-0.25, -0.2) is 4.79 Å². The summed E-state index contributed by atoms with van der Waals surface area (Å²) in [6, 6.07) is 0. The molecule has 1 fully saturated rings. The van der Waals surface area contributed by atoms with Crippen LogP contribution in [0.5, 0.6) is 0 Å². The Bertz CT molecular complexity index is 576. The van der Waals surface area contributed by atoms with Crippen LogP contribution in [0.2, 0.25) is 0 Å². The summed E-state index contributed by atoms with van der Waals surface area (Å²) in [6.07, 6.45) is -2.37. The number of carbonyl (C=O) groups is 1. The zero-order valence-corrected chi connectivity index (χ0v) is 11.3. The molecule has 0 spiro atoms. The van der Waals surface area contributed by atoms with Gasteiger partial charge < -0.3 is 26.0 Å². The van der Waals surface area contributed by atoms with Gasteiger partial charge in [-0.1, -0.05) is 6.92 Å². The molecule has 2 heterocycles. The van der Waals surface area contributed by atoms with E-state index >= 15 is 0 Å². The Kier molecular flexibility index (Phi) is 4.50. The normalized spacial score (nSPS) is 28.5. The summed E-state index contributed by atoms with van der Waals surface area (Å²) < 4.78 is 6.25. The molecule has 0 bridgehead atoms. The number of amides is 1. The largest absolute Gasteiger partial charge is 0.388 e. The Hall–Kier alpha value is -2.04. The first-order valence-corrected chi connectivity index (χ1v) is 6.43. The van der Waals surface area contributed by atoms with E-state index in [-0.39, 0.29) is 12.4 Å². The summed E-state index contributed by atoms with van der Waals surface area (Å²) in [5.74, 6) is -0.528. The highest BCUT2D eigenvalue weighted by Gasteiger charge is 2.43. The second-order valence-corrected chi connectivity index (χ2v) is 4.64. The number of aromatic nitrogens is 3. The van der Waals surface area contributed by atoms with Crippen molar-refractivity contribution >= 4 is 11.7 Å². The van der Waals surface area contributed by atoms with Crippen molar-refractivity contribution in [2.75, 3.05) is 11.9 Å². The Labute approximate surface area is 119 Å². The molecule has 1 amide bonds. The molecule has 0 saturated carbocycles. The van der Waals surface area contributed by atoms with Crippen LogP contribution in [0.1, 0.15) is 19.6 Å². The number of nitrogens with two attached hydrogens (primary N) is 1. The van der Waals surface area contributed by atoms with Crippen LogP contribution < -0.4 is 16.7 Å². The van der Waals surface area contributed by atoms with E-state index in [4.69, 9.17) is 10.5 Å². The van der Waals surface area contributed by atoms with Gasteiger partial charge >= 0.3 is 5.69 Å². The maximum Gasteiger partial charge on any atom is 0.368 e. The van der Waals surface area contributed by atoms with Gasteiger partial charge in [0.2, 0.25) is 5.91 Å². The molecule has 21 heavy (non-hydrogen) atoms. The lowest BCUT2D eigenvalue weighted by molar-refractivity contribution is -0.116. The van der Waals surface area contributed by atoms with Crippen LogP contribution in [0.3, 0.4) is 0 Å². The maximum atomic E-state index is 11.9. The van der Waals surface area contributed by atoms with E-state index in [2.05, 4.69) is 15.4 Å². The van der Waals surface area contributed by atoms with Crippen LogP contribution in [0, 0.1) is 0 Å². The predicted molar refractivity (Wildman–Crippen MR) is 70.2 cm³/mol. The van der Waals surface area contributed by atoms with Gasteiger partial charge in [0.1, 0.15) is 12.2 Å². The third kappa shape index (κ3) is 3.17. The average molecular weight is 299 g/mol. The van der Waals surface area contributed by atoms with E-state index in [1.54, 1.807) is 6.92 Å². The number of nitrogens with one attached hydrogen (secondary N) is 1. The second-order valence-electron chi connectivity index (χ2n) is 4.64. The number of aliphatic hydroxyl groups is 2. The molecular formula is C11H17N5O5. The third-order valence-corrected chi connectivity index (χ3v) is 3.14. The number of primary amides is 1. The van der Waals surface area contributed by atoms with Gasteiger partial charge in [-0.15, -0.1) is 0 Å². The SMILES string of the molecule is CC[C@H]1O[C@@H](n2ncc(NCC(N)=O)nc2=O)[C@H](O)[C@@H]1O. The molecule has 10 nitrogen and oxygen atoms in total. The molecule has 4 atom stereocenters. The Morgan fingerprint density at radius 1 is 1.52 bits per heavy atom. The van der Waals surface area contributed by atoms with E-state index in [9.17, 15) is 19.8 Å². The molecule has 1 aromatic heterocycles. The maximum absolute atomic E-state index is 11.9. The zero-order valence-electron chi connectivity index (χ0n) is 11.3. The van der Waals surface area contributed by atoms with Crippen molar-refractivity contribution in [1.29, 1.82) is 0 Å². The molecule has 1 aliphatic heterocycles. The molecular weight excluding hydrogens is 282 g/mol. The highest BCUT2D eigenvalue weighted by molar-refractivity contribution is 5.78. The average Bonchev–Trinajstić information content (AvgIpc) is 2.73. The van der Waals surface area contributed by atoms with Crippen LogP contribution >= 0.6 is 0 Å². The minimum atomic E-state index is -1.27. The standard InChI is InChI=1S/C11H17N5O5/c1-2-5-8(18)9(19)10(21-5)16-11(20)15-7(4-14-16)13-3-6(12)17/h4-5,8-10,18-19H,2-3H2,1H3,(H2,12,17)(H,13,15,20)/t5-,8-,9-,10-/m1/s1. The number of ether oxygens (including phenoxy) is 1. The molecule has 0 radical (unpaired) electrons. The fraction of sp³-hybridized carbons (Fsp3) is 0.636. The van der Waals surface area contributed by atoms with E-state index in [0.717, 1.165) is 4.68 Å². The lowest BCUT2D eigenvalue weighted by Crippen LogP contribution is -2.37. The van der Waals surface area contributed by atoms with E-state index < -0.39 is 36.1 Å². The van der Waals surface area contributed by atoms with Gasteiger partial charge in [0.05, 0.1) is 18.8 Å². The molecule has 1 saturated heterocycles. The van der Waals surface area contributed by atoms with Gasteiger partial charge in [-0.3, -0.25) is 4.79 Å². The van der Waals surface area contributed by atoms with Crippen molar-refractivity contribution in [1.82, 2.24) is 14.8 Å². The summed E-state index contributed by atoms with van der Waals surface area (Å²) in [6.45, 7) is 1.60. The fourth-order valence-electron chi connectivity index (χ4n) is 2.06. The minimum absolute atomic E-state index is 0.0788. The highest BCUT2D eigenvalue weighted by atomic mass is 16.6. The summed E-state index contributed by atoms with van der Waals surface area (Å²) in [5, 5.41) is 26.0. The van der Waals surface area contributed by atoms with Crippen molar-refractivity contribution in [2.45, 2.75) is 37.9 Å². The van der Waals surface area contributed by atoms with Crippen LogP contribution in [0.4, 0.5) is 5.82 Å². The van der Waals surface area contributed by atoms with Crippen LogP contribution in [0.15, 0.2) is 11.0 Å². The molecule has 0 aliphatic carbocycles. The molecule has 10 heteroatoms. The van der Waals surface area contributed by atoms with E-state index in [1.807, 2.05) is 0 Å². The first-order valence-electron chi connectivity index (χ1n) is 6.43. The molecule has 1 aliphatic rings. The number of rotatable bonds is 5. The van der Waals surface area contributed by atoms with Crippen molar-refractivity contribution in [3.63, 3.8) is 0 Å². The summed E-state index contributed by atoms with van der Waals surface area (Å²) in [7, 11) is 0. The number of carbonyl (C=O) groups excluding carboxylic acids is 1. The number of aliphatic hydroxyl groups excluding tert-OH is 2. The minimum Gasteiger partial charge on any atom is -0.388 e.